The van der Waals surface area contributed by atoms with Crippen molar-refractivity contribution in [1.82, 2.24) is 10.2 Å². The minimum Gasteiger partial charge on any atom is -0.376 e. The molecule has 3 aliphatic rings. The van der Waals surface area contributed by atoms with Crippen LogP contribution in [0.3, 0.4) is 0 Å². The molecular formula is C16H28N2O3. The third-order valence-electron chi connectivity index (χ3n) is 5.01. The van der Waals surface area contributed by atoms with Crippen molar-refractivity contribution in [3.63, 3.8) is 0 Å². The van der Waals surface area contributed by atoms with Crippen LogP contribution < -0.4 is 5.32 Å². The van der Waals surface area contributed by atoms with Crippen molar-refractivity contribution in [1.29, 1.82) is 0 Å². The van der Waals surface area contributed by atoms with Gasteiger partial charge in [-0.05, 0) is 44.6 Å². The summed E-state index contributed by atoms with van der Waals surface area (Å²) in [4.78, 5) is 14.9. The van der Waals surface area contributed by atoms with Crippen LogP contribution >= 0.6 is 0 Å². The highest BCUT2D eigenvalue weighted by Gasteiger charge is 2.35. The number of carbonyl (C=O) groups is 1. The van der Waals surface area contributed by atoms with Gasteiger partial charge in [0.1, 0.15) is 0 Å². The van der Waals surface area contributed by atoms with Gasteiger partial charge >= 0.3 is 0 Å². The molecule has 1 amide bonds. The summed E-state index contributed by atoms with van der Waals surface area (Å²) < 4.78 is 11.5. The van der Waals surface area contributed by atoms with Crippen LogP contribution in [-0.2, 0) is 14.3 Å². The largest absolute Gasteiger partial charge is 0.376 e. The number of hydrogen-bond donors (Lipinski definition) is 1. The van der Waals surface area contributed by atoms with Crippen molar-refractivity contribution in [3.8, 4) is 0 Å². The van der Waals surface area contributed by atoms with Gasteiger partial charge < -0.3 is 19.7 Å². The normalized spacial score (nSPS) is 36.2. The summed E-state index contributed by atoms with van der Waals surface area (Å²) in [5, 5.41) is 3.36. The molecule has 1 N–H and O–H groups in total. The first-order chi connectivity index (χ1) is 10.2. The van der Waals surface area contributed by atoms with Gasteiger partial charge in [0.05, 0.1) is 18.2 Å². The number of hydrogen-bond acceptors (Lipinski definition) is 4. The van der Waals surface area contributed by atoms with Gasteiger partial charge in [0.25, 0.3) is 0 Å². The van der Waals surface area contributed by atoms with Gasteiger partial charge in [-0.2, -0.15) is 0 Å². The highest BCUT2D eigenvalue weighted by Crippen LogP contribution is 2.21. The van der Waals surface area contributed by atoms with Gasteiger partial charge in [0.15, 0.2) is 0 Å². The van der Waals surface area contributed by atoms with E-state index in [0.29, 0.717) is 5.92 Å². The average molecular weight is 296 g/mol. The number of amides is 1. The van der Waals surface area contributed by atoms with E-state index < -0.39 is 0 Å². The Kier molecular flexibility index (Phi) is 5.14. The Labute approximate surface area is 127 Å². The van der Waals surface area contributed by atoms with E-state index in [1.165, 1.54) is 0 Å². The number of rotatable bonds is 5. The Morgan fingerprint density at radius 1 is 1.10 bits per heavy atom. The maximum absolute atomic E-state index is 12.9. The highest BCUT2D eigenvalue weighted by atomic mass is 16.5. The molecule has 0 bridgehead atoms. The molecule has 4 unspecified atom stereocenters. The Morgan fingerprint density at radius 3 is 2.14 bits per heavy atom. The first kappa shape index (κ1) is 15.3. The minimum absolute atomic E-state index is 0.0205. The zero-order valence-electron chi connectivity index (χ0n) is 13.1. The highest BCUT2D eigenvalue weighted by molar-refractivity contribution is 5.82. The quantitative estimate of drug-likeness (QED) is 0.827. The lowest BCUT2D eigenvalue weighted by molar-refractivity contribution is -0.137. The molecular weight excluding hydrogens is 268 g/mol. The van der Waals surface area contributed by atoms with Gasteiger partial charge in [-0.25, -0.2) is 0 Å². The fourth-order valence-electron chi connectivity index (χ4n) is 3.68. The molecule has 3 saturated heterocycles. The molecule has 3 rings (SSSR count). The van der Waals surface area contributed by atoms with Gasteiger partial charge in [0.2, 0.25) is 5.91 Å². The van der Waals surface area contributed by atoms with Crippen molar-refractivity contribution in [2.24, 2.45) is 5.92 Å². The molecule has 3 fully saturated rings. The molecule has 0 aromatic rings. The van der Waals surface area contributed by atoms with Crippen LogP contribution in [0.15, 0.2) is 0 Å². The Bertz CT molecular complexity index is 333. The standard InChI is InChI=1S/C16H28N2O3/c1-12-6-7-17-15(12)16(19)18(10-13-4-2-8-20-13)11-14-5-3-9-21-14/h12-15,17H,2-11H2,1H3. The summed E-state index contributed by atoms with van der Waals surface area (Å²) in [5.74, 6) is 0.667. The summed E-state index contributed by atoms with van der Waals surface area (Å²) in [6.45, 7) is 6.24. The predicted octanol–water partition coefficient (Wildman–Crippen LogP) is 1.17. The summed E-state index contributed by atoms with van der Waals surface area (Å²) in [6.07, 6.45) is 5.89. The average Bonchev–Trinajstić information content (AvgIpc) is 3.19. The van der Waals surface area contributed by atoms with Gasteiger partial charge in [-0.15, -0.1) is 0 Å². The zero-order valence-corrected chi connectivity index (χ0v) is 13.1. The summed E-state index contributed by atoms with van der Waals surface area (Å²) >= 11 is 0. The first-order valence-corrected chi connectivity index (χ1v) is 8.49. The van der Waals surface area contributed by atoms with E-state index in [2.05, 4.69) is 12.2 Å². The number of nitrogens with one attached hydrogen (secondary N) is 1. The smallest absolute Gasteiger partial charge is 0.240 e. The molecule has 0 spiro atoms. The van der Waals surface area contributed by atoms with Crippen molar-refractivity contribution in [3.05, 3.63) is 0 Å². The van der Waals surface area contributed by atoms with E-state index in [1.54, 1.807) is 0 Å². The second kappa shape index (κ2) is 7.07. The second-order valence-corrected chi connectivity index (χ2v) is 6.71. The number of nitrogens with zero attached hydrogens (tertiary/aromatic N) is 1. The van der Waals surface area contributed by atoms with Crippen LogP contribution in [0.25, 0.3) is 0 Å². The fourth-order valence-corrected chi connectivity index (χ4v) is 3.68. The molecule has 3 heterocycles. The summed E-state index contributed by atoms with van der Waals surface area (Å²) in [7, 11) is 0. The van der Waals surface area contributed by atoms with Crippen molar-refractivity contribution < 1.29 is 14.3 Å². The van der Waals surface area contributed by atoms with Crippen molar-refractivity contribution in [2.45, 2.75) is 57.3 Å². The van der Waals surface area contributed by atoms with E-state index in [0.717, 1.165) is 65.0 Å². The number of ether oxygens (including phenoxy) is 2. The molecule has 4 atom stereocenters. The van der Waals surface area contributed by atoms with E-state index in [4.69, 9.17) is 9.47 Å². The lowest BCUT2D eigenvalue weighted by atomic mass is 10.0. The first-order valence-electron chi connectivity index (χ1n) is 8.49. The molecule has 0 aromatic heterocycles. The van der Waals surface area contributed by atoms with Gasteiger partial charge in [0, 0.05) is 26.3 Å². The lowest BCUT2D eigenvalue weighted by Gasteiger charge is -2.31. The van der Waals surface area contributed by atoms with Crippen LogP contribution in [0.2, 0.25) is 0 Å². The maximum atomic E-state index is 12.9. The van der Waals surface area contributed by atoms with Crippen molar-refractivity contribution >= 4 is 5.91 Å². The lowest BCUT2D eigenvalue weighted by Crippen LogP contribution is -2.50. The molecule has 0 aromatic carbocycles. The van der Waals surface area contributed by atoms with E-state index in [9.17, 15) is 4.79 Å². The Balaban J connectivity index is 1.62. The van der Waals surface area contributed by atoms with Gasteiger partial charge in [-0.3, -0.25) is 4.79 Å². The zero-order chi connectivity index (χ0) is 14.7. The SMILES string of the molecule is CC1CCNC1C(=O)N(CC1CCCO1)CC1CCCO1. The van der Waals surface area contributed by atoms with Crippen LogP contribution in [0.4, 0.5) is 0 Å². The molecule has 120 valence electrons. The molecule has 0 aliphatic carbocycles. The minimum atomic E-state index is -0.0205. The third-order valence-corrected chi connectivity index (χ3v) is 5.01. The third kappa shape index (κ3) is 3.76. The van der Waals surface area contributed by atoms with E-state index in [1.807, 2.05) is 4.90 Å². The number of carbonyl (C=O) groups excluding carboxylic acids is 1. The van der Waals surface area contributed by atoms with Crippen molar-refractivity contribution in [2.75, 3.05) is 32.8 Å². The van der Waals surface area contributed by atoms with E-state index in [-0.39, 0.29) is 24.2 Å². The van der Waals surface area contributed by atoms with Gasteiger partial charge in [-0.1, -0.05) is 6.92 Å². The molecule has 3 aliphatic heterocycles. The fraction of sp³-hybridized carbons (Fsp3) is 0.938. The second-order valence-electron chi connectivity index (χ2n) is 6.71. The van der Waals surface area contributed by atoms with E-state index >= 15 is 0 Å². The predicted molar refractivity (Wildman–Crippen MR) is 80.1 cm³/mol. The van der Waals surface area contributed by atoms with Crippen LogP contribution in [-0.4, -0.2) is 61.9 Å². The molecule has 0 saturated carbocycles. The maximum Gasteiger partial charge on any atom is 0.240 e. The molecule has 5 heteroatoms. The topological polar surface area (TPSA) is 50.8 Å². The van der Waals surface area contributed by atoms with Crippen LogP contribution in [0.1, 0.15) is 39.0 Å². The molecule has 0 radical (unpaired) electrons. The van der Waals surface area contributed by atoms with Crippen LogP contribution in [0, 0.1) is 5.92 Å². The molecule has 5 nitrogen and oxygen atoms in total. The van der Waals surface area contributed by atoms with Crippen LogP contribution in [0.5, 0.6) is 0 Å². The Hall–Kier alpha value is -0.650. The Morgan fingerprint density at radius 2 is 1.71 bits per heavy atom. The molecule has 21 heavy (non-hydrogen) atoms. The summed E-state index contributed by atoms with van der Waals surface area (Å²) in [5.41, 5.74) is 0. The summed E-state index contributed by atoms with van der Waals surface area (Å²) in [6, 6.07) is -0.0205. The monoisotopic (exact) mass is 296 g/mol.